The van der Waals surface area contributed by atoms with Gasteiger partial charge >= 0.3 is 0 Å². The largest absolute Gasteiger partial charge is 0.493 e. The van der Waals surface area contributed by atoms with E-state index in [1.165, 1.54) is 5.56 Å². The van der Waals surface area contributed by atoms with Gasteiger partial charge in [-0.25, -0.2) is 0 Å². The molecule has 0 saturated heterocycles. The Kier molecular flexibility index (Phi) is 3.49. The molecule has 0 spiro atoms. The Labute approximate surface area is 119 Å². The van der Waals surface area contributed by atoms with E-state index < -0.39 is 6.10 Å². The number of hydrogen-bond acceptors (Lipinski definition) is 3. The van der Waals surface area contributed by atoms with E-state index in [-0.39, 0.29) is 0 Å². The van der Waals surface area contributed by atoms with E-state index in [9.17, 15) is 5.11 Å². The van der Waals surface area contributed by atoms with Gasteiger partial charge in [-0.2, -0.15) is 5.10 Å². The Morgan fingerprint density at radius 1 is 1.35 bits per heavy atom. The van der Waals surface area contributed by atoms with Crippen molar-refractivity contribution in [1.29, 1.82) is 0 Å². The van der Waals surface area contributed by atoms with Crippen LogP contribution < -0.4 is 4.74 Å². The summed E-state index contributed by atoms with van der Waals surface area (Å²) in [6, 6.07) is 7.94. The molecule has 4 nitrogen and oxygen atoms in total. The highest BCUT2D eigenvalue weighted by molar-refractivity contribution is 5.42. The van der Waals surface area contributed by atoms with Crippen LogP contribution in [0.25, 0.3) is 0 Å². The molecule has 1 aliphatic rings. The van der Waals surface area contributed by atoms with Crippen LogP contribution in [0.5, 0.6) is 5.75 Å². The van der Waals surface area contributed by atoms with Gasteiger partial charge in [-0.05, 0) is 42.7 Å². The van der Waals surface area contributed by atoms with E-state index in [0.717, 1.165) is 48.7 Å². The van der Waals surface area contributed by atoms with Crippen molar-refractivity contribution in [3.63, 3.8) is 0 Å². The zero-order valence-corrected chi connectivity index (χ0v) is 12.0. The van der Waals surface area contributed by atoms with Gasteiger partial charge in [0.15, 0.2) is 0 Å². The second-order valence-electron chi connectivity index (χ2n) is 5.10. The maximum atomic E-state index is 10.6. The van der Waals surface area contributed by atoms with E-state index in [1.54, 1.807) is 0 Å². The van der Waals surface area contributed by atoms with Gasteiger partial charge < -0.3 is 9.84 Å². The lowest BCUT2D eigenvalue weighted by Crippen LogP contribution is -2.09. The first-order valence-corrected chi connectivity index (χ1v) is 7.23. The van der Waals surface area contributed by atoms with E-state index >= 15 is 0 Å². The molecule has 1 atom stereocenters. The monoisotopic (exact) mass is 272 g/mol. The summed E-state index contributed by atoms with van der Waals surface area (Å²) in [5.41, 5.74) is 3.97. The van der Waals surface area contributed by atoms with Crippen LogP contribution in [-0.2, 0) is 19.4 Å². The van der Waals surface area contributed by atoms with E-state index in [1.807, 2.05) is 35.9 Å². The van der Waals surface area contributed by atoms with Crippen molar-refractivity contribution >= 4 is 0 Å². The van der Waals surface area contributed by atoms with Crippen LogP contribution in [0.4, 0.5) is 0 Å². The van der Waals surface area contributed by atoms with Crippen molar-refractivity contribution in [2.24, 2.45) is 0 Å². The van der Waals surface area contributed by atoms with Gasteiger partial charge in [0, 0.05) is 13.0 Å². The molecule has 4 heteroatoms. The summed E-state index contributed by atoms with van der Waals surface area (Å²) in [7, 11) is 0. The summed E-state index contributed by atoms with van der Waals surface area (Å²) in [4.78, 5) is 0. The predicted octanol–water partition coefficient (Wildman–Crippen LogP) is 2.48. The zero-order chi connectivity index (χ0) is 14.1. The van der Waals surface area contributed by atoms with Crippen LogP contribution in [0.15, 0.2) is 24.3 Å². The van der Waals surface area contributed by atoms with Crippen molar-refractivity contribution in [2.45, 2.75) is 39.3 Å². The summed E-state index contributed by atoms with van der Waals surface area (Å²) in [6.07, 6.45) is 1.17. The summed E-state index contributed by atoms with van der Waals surface area (Å²) in [5, 5.41) is 15.1. The first kappa shape index (κ1) is 13.2. The van der Waals surface area contributed by atoms with Gasteiger partial charge in [0.25, 0.3) is 0 Å². The summed E-state index contributed by atoms with van der Waals surface area (Å²) < 4.78 is 7.39. The Bertz CT molecular complexity index is 619. The molecule has 1 aromatic heterocycles. The maximum absolute atomic E-state index is 10.6. The van der Waals surface area contributed by atoms with Crippen LogP contribution in [0.2, 0.25) is 0 Å². The fraction of sp³-hybridized carbons (Fsp3) is 0.438. The van der Waals surface area contributed by atoms with Crippen molar-refractivity contribution in [1.82, 2.24) is 9.78 Å². The van der Waals surface area contributed by atoms with Gasteiger partial charge in [0.1, 0.15) is 11.9 Å². The van der Waals surface area contributed by atoms with Crippen LogP contribution in [0, 0.1) is 0 Å². The van der Waals surface area contributed by atoms with Gasteiger partial charge in [0.2, 0.25) is 0 Å². The SMILES string of the molecule is CCc1cc(C(O)c2ccc3c(c2)CCO3)n(CC)n1. The molecule has 0 fully saturated rings. The topological polar surface area (TPSA) is 47.3 Å². The lowest BCUT2D eigenvalue weighted by molar-refractivity contribution is 0.208. The molecule has 3 rings (SSSR count). The molecule has 106 valence electrons. The normalized spacial score (nSPS) is 14.9. The summed E-state index contributed by atoms with van der Waals surface area (Å²) in [5.74, 6) is 0.944. The fourth-order valence-corrected chi connectivity index (χ4v) is 2.68. The van der Waals surface area contributed by atoms with E-state index in [0.29, 0.717) is 0 Å². The standard InChI is InChI=1S/C16H20N2O2/c1-3-13-10-14(18(4-2)17-13)16(19)12-5-6-15-11(9-12)7-8-20-15/h5-6,9-10,16,19H,3-4,7-8H2,1-2H3. The molecule has 1 aliphatic heterocycles. The Balaban J connectivity index is 1.95. The third-order valence-corrected chi connectivity index (χ3v) is 3.83. The van der Waals surface area contributed by atoms with E-state index in [2.05, 4.69) is 12.0 Å². The molecule has 0 saturated carbocycles. The predicted molar refractivity (Wildman–Crippen MR) is 77.0 cm³/mol. The Morgan fingerprint density at radius 3 is 2.95 bits per heavy atom. The number of aromatic nitrogens is 2. The second-order valence-corrected chi connectivity index (χ2v) is 5.10. The number of aryl methyl sites for hydroxylation is 2. The van der Waals surface area contributed by atoms with Gasteiger partial charge in [-0.3, -0.25) is 4.68 Å². The average Bonchev–Trinajstić information content (AvgIpc) is 3.11. The molecule has 0 amide bonds. The quantitative estimate of drug-likeness (QED) is 0.930. The second kappa shape index (κ2) is 5.29. The molecule has 0 aliphatic carbocycles. The fourth-order valence-electron chi connectivity index (χ4n) is 2.68. The average molecular weight is 272 g/mol. The Morgan fingerprint density at radius 2 is 2.20 bits per heavy atom. The first-order valence-electron chi connectivity index (χ1n) is 7.23. The smallest absolute Gasteiger partial charge is 0.122 e. The molecule has 2 aromatic rings. The molecule has 1 aromatic carbocycles. The van der Waals surface area contributed by atoms with Crippen LogP contribution in [0.3, 0.4) is 0 Å². The Hall–Kier alpha value is -1.81. The number of rotatable bonds is 4. The number of aliphatic hydroxyl groups excluding tert-OH is 1. The first-order chi connectivity index (χ1) is 9.72. The minimum absolute atomic E-state index is 0.631. The van der Waals surface area contributed by atoms with Crippen LogP contribution in [0.1, 0.15) is 42.5 Å². The van der Waals surface area contributed by atoms with Crippen LogP contribution >= 0.6 is 0 Å². The molecule has 1 unspecified atom stereocenters. The molecule has 20 heavy (non-hydrogen) atoms. The zero-order valence-electron chi connectivity index (χ0n) is 12.0. The highest BCUT2D eigenvalue weighted by atomic mass is 16.5. The third kappa shape index (κ3) is 2.20. The molecular formula is C16H20N2O2. The minimum atomic E-state index is -0.631. The highest BCUT2D eigenvalue weighted by Crippen LogP contribution is 2.30. The van der Waals surface area contributed by atoms with Crippen molar-refractivity contribution in [3.05, 3.63) is 46.8 Å². The lowest BCUT2D eigenvalue weighted by atomic mass is 10.0. The number of nitrogens with zero attached hydrogens (tertiary/aromatic N) is 2. The maximum Gasteiger partial charge on any atom is 0.122 e. The highest BCUT2D eigenvalue weighted by Gasteiger charge is 2.20. The van der Waals surface area contributed by atoms with Crippen molar-refractivity contribution < 1.29 is 9.84 Å². The number of fused-ring (bicyclic) bond motifs is 1. The van der Waals surface area contributed by atoms with Gasteiger partial charge in [0.05, 0.1) is 18.0 Å². The summed E-state index contributed by atoms with van der Waals surface area (Å²) >= 11 is 0. The van der Waals surface area contributed by atoms with E-state index in [4.69, 9.17) is 4.74 Å². The molecular weight excluding hydrogens is 252 g/mol. The third-order valence-electron chi connectivity index (χ3n) is 3.83. The molecule has 0 radical (unpaired) electrons. The summed E-state index contributed by atoms with van der Waals surface area (Å²) in [6.45, 7) is 5.62. The van der Waals surface area contributed by atoms with Crippen molar-refractivity contribution in [2.75, 3.05) is 6.61 Å². The van der Waals surface area contributed by atoms with Crippen molar-refractivity contribution in [3.8, 4) is 5.75 Å². The van der Waals surface area contributed by atoms with Crippen LogP contribution in [-0.4, -0.2) is 21.5 Å². The number of hydrogen-bond donors (Lipinski definition) is 1. The molecule has 0 bridgehead atoms. The minimum Gasteiger partial charge on any atom is -0.493 e. The number of benzene rings is 1. The van der Waals surface area contributed by atoms with Gasteiger partial charge in [-0.1, -0.05) is 13.0 Å². The van der Waals surface area contributed by atoms with Gasteiger partial charge in [-0.15, -0.1) is 0 Å². The number of aliphatic hydroxyl groups is 1. The molecule has 2 heterocycles. The molecule has 1 N–H and O–H groups in total. The lowest BCUT2D eigenvalue weighted by Gasteiger charge is -2.13. The number of ether oxygens (including phenoxy) is 1.